The minimum absolute atomic E-state index is 0.243. The van der Waals surface area contributed by atoms with E-state index in [1.54, 1.807) is 42.5 Å². The van der Waals surface area contributed by atoms with Gasteiger partial charge < -0.3 is 4.74 Å². The first-order valence-electron chi connectivity index (χ1n) is 6.19. The van der Waals surface area contributed by atoms with E-state index in [4.69, 9.17) is 4.74 Å². The minimum Gasteiger partial charge on any atom is -0.494 e. The zero-order valence-corrected chi connectivity index (χ0v) is 13.6. The van der Waals surface area contributed by atoms with E-state index in [2.05, 4.69) is 15.9 Å². The summed E-state index contributed by atoms with van der Waals surface area (Å²) in [6.07, 6.45) is 1.50. The lowest BCUT2D eigenvalue weighted by Gasteiger charge is -2.07. The molecule has 0 atom stereocenters. The van der Waals surface area contributed by atoms with Crippen LogP contribution in [0.2, 0.25) is 0 Å². The largest absolute Gasteiger partial charge is 0.494 e. The van der Waals surface area contributed by atoms with Crippen LogP contribution in [-0.2, 0) is 10.0 Å². The number of aromatic nitrogens is 1. The second-order valence-corrected chi connectivity index (χ2v) is 7.20. The van der Waals surface area contributed by atoms with E-state index < -0.39 is 10.0 Å². The molecule has 4 nitrogen and oxygen atoms in total. The Hall–Kier alpha value is -1.79. The van der Waals surface area contributed by atoms with Crippen molar-refractivity contribution in [2.24, 2.45) is 0 Å². The summed E-state index contributed by atoms with van der Waals surface area (Å²) in [5, 5.41) is 0.742. The van der Waals surface area contributed by atoms with Gasteiger partial charge in [0.2, 0.25) is 0 Å². The van der Waals surface area contributed by atoms with E-state index in [1.165, 1.54) is 17.3 Å². The van der Waals surface area contributed by atoms with Gasteiger partial charge in [0.25, 0.3) is 10.0 Å². The SMILES string of the molecule is COc1cn(S(=O)(=O)c2ccccc2)c2ccc(Br)cc12. The van der Waals surface area contributed by atoms with Crippen molar-refractivity contribution in [2.45, 2.75) is 4.90 Å². The highest BCUT2D eigenvalue weighted by atomic mass is 79.9. The summed E-state index contributed by atoms with van der Waals surface area (Å²) in [5.74, 6) is 0.519. The molecular weight excluding hydrogens is 354 g/mol. The van der Waals surface area contributed by atoms with Crippen LogP contribution in [0.5, 0.6) is 5.75 Å². The fraction of sp³-hybridized carbons (Fsp3) is 0.0667. The predicted octanol–water partition coefficient (Wildman–Crippen LogP) is 3.65. The lowest BCUT2D eigenvalue weighted by molar-refractivity contribution is 0.419. The second kappa shape index (κ2) is 5.20. The van der Waals surface area contributed by atoms with Gasteiger partial charge in [-0.05, 0) is 30.3 Å². The highest BCUT2D eigenvalue weighted by molar-refractivity contribution is 9.10. The topological polar surface area (TPSA) is 48.3 Å². The number of rotatable bonds is 3. The van der Waals surface area contributed by atoms with Gasteiger partial charge in [-0.15, -0.1) is 0 Å². The number of nitrogens with zero attached hydrogens (tertiary/aromatic N) is 1. The van der Waals surface area contributed by atoms with Crippen LogP contribution in [0.15, 0.2) is 64.1 Å². The van der Waals surface area contributed by atoms with E-state index >= 15 is 0 Å². The van der Waals surface area contributed by atoms with Crippen LogP contribution in [0, 0.1) is 0 Å². The molecule has 1 aromatic heterocycles. The lowest BCUT2D eigenvalue weighted by Crippen LogP contribution is -2.11. The van der Waals surface area contributed by atoms with Gasteiger partial charge in [-0.3, -0.25) is 0 Å². The Morgan fingerprint density at radius 2 is 1.81 bits per heavy atom. The standard InChI is InChI=1S/C15H12BrNO3S/c1-20-15-10-17(14-8-7-11(16)9-13(14)15)21(18,19)12-5-3-2-4-6-12/h2-10H,1H3. The van der Waals surface area contributed by atoms with Crippen LogP contribution in [0.3, 0.4) is 0 Å². The molecule has 0 spiro atoms. The van der Waals surface area contributed by atoms with Crippen LogP contribution in [0.25, 0.3) is 10.9 Å². The summed E-state index contributed by atoms with van der Waals surface area (Å²) >= 11 is 3.39. The number of methoxy groups -OCH3 is 1. The smallest absolute Gasteiger partial charge is 0.268 e. The molecular formula is C15H12BrNO3S. The third-order valence-corrected chi connectivity index (χ3v) is 5.40. The quantitative estimate of drug-likeness (QED) is 0.711. The molecule has 3 aromatic rings. The molecule has 21 heavy (non-hydrogen) atoms. The Labute approximate surface area is 131 Å². The molecule has 6 heteroatoms. The van der Waals surface area contributed by atoms with E-state index in [1.807, 2.05) is 6.07 Å². The monoisotopic (exact) mass is 365 g/mol. The first kappa shape index (κ1) is 14.2. The number of benzene rings is 2. The van der Waals surface area contributed by atoms with Crippen LogP contribution in [0.4, 0.5) is 0 Å². The normalized spacial score (nSPS) is 11.7. The predicted molar refractivity (Wildman–Crippen MR) is 85.2 cm³/mol. The zero-order valence-electron chi connectivity index (χ0n) is 11.2. The van der Waals surface area contributed by atoms with Crippen molar-refractivity contribution >= 4 is 36.9 Å². The third kappa shape index (κ3) is 2.34. The van der Waals surface area contributed by atoms with Gasteiger partial charge in [-0.2, -0.15) is 0 Å². The van der Waals surface area contributed by atoms with Crippen LogP contribution >= 0.6 is 15.9 Å². The average Bonchev–Trinajstić information content (AvgIpc) is 2.86. The van der Waals surface area contributed by atoms with Crippen LogP contribution in [-0.4, -0.2) is 19.5 Å². The first-order chi connectivity index (χ1) is 10.0. The second-order valence-electron chi connectivity index (χ2n) is 4.47. The summed E-state index contributed by atoms with van der Waals surface area (Å²) in [5.41, 5.74) is 0.582. The Morgan fingerprint density at radius 1 is 1.10 bits per heavy atom. The Kier molecular flexibility index (Phi) is 3.51. The maximum atomic E-state index is 12.8. The third-order valence-electron chi connectivity index (χ3n) is 3.22. The number of ether oxygens (including phenoxy) is 1. The maximum absolute atomic E-state index is 12.8. The molecule has 0 radical (unpaired) electrons. The molecule has 0 aliphatic heterocycles. The van der Waals surface area contributed by atoms with Gasteiger partial charge in [-0.25, -0.2) is 12.4 Å². The fourth-order valence-corrected chi connectivity index (χ4v) is 3.95. The van der Waals surface area contributed by atoms with Crippen molar-refractivity contribution in [3.8, 4) is 5.75 Å². The van der Waals surface area contributed by atoms with Crippen molar-refractivity contribution in [1.29, 1.82) is 0 Å². The number of fused-ring (bicyclic) bond motifs is 1. The van der Waals surface area contributed by atoms with Crippen LogP contribution < -0.4 is 4.74 Å². The molecule has 108 valence electrons. The van der Waals surface area contributed by atoms with Gasteiger partial charge in [-0.1, -0.05) is 34.1 Å². The molecule has 0 amide bonds. The summed E-state index contributed by atoms with van der Waals surface area (Å²) in [6.45, 7) is 0. The van der Waals surface area contributed by atoms with Crippen molar-refractivity contribution in [3.63, 3.8) is 0 Å². The summed E-state index contributed by atoms with van der Waals surface area (Å²) < 4.78 is 32.9. The molecule has 0 saturated heterocycles. The van der Waals surface area contributed by atoms with Gasteiger partial charge in [0.15, 0.2) is 0 Å². The summed E-state index contributed by atoms with van der Waals surface area (Å²) in [4.78, 5) is 0.243. The van der Waals surface area contributed by atoms with Gasteiger partial charge in [0.05, 0.1) is 23.7 Å². The van der Waals surface area contributed by atoms with Crippen molar-refractivity contribution < 1.29 is 13.2 Å². The molecule has 0 unspecified atom stereocenters. The molecule has 2 aromatic carbocycles. The van der Waals surface area contributed by atoms with Gasteiger partial charge >= 0.3 is 0 Å². The number of hydrogen-bond donors (Lipinski definition) is 0. The summed E-state index contributed by atoms with van der Waals surface area (Å²) in [6, 6.07) is 13.7. The Morgan fingerprint density at radius 3 is 2.48 bits per heavy atom. The highest BCUT2D eigenvalue weighted by Gasteiger charge is 2.21. The molecule has 0 aliphatic carbocycles. The molecule has 3 rings (SSSR count). The molecule has 0 saturated carbocycles. The van der Waals surface area contributed by atoms with Crippen molar-refractivity contribution in [3.05, 3.63) is 59.2 Å². The van der Waals surface area contributed by atoms with E-state index in [-0.39, 0.29) is 4.90 Å². The lowest BCUT2D eigenvalue weighted by atomic mass is 10.2. The Balaban J connectivity index is 2.31. The van der Waals surface area contributed by atoms with Crippen molar-refractivity contribution in [1.82, 2.24) is 3.97 Å². The molecule has 0 aliphatic rings. The maximum Gasteiger partial charge on any atom is 0.268 e. The van der Waals surface area contributed by atoms with E-state index in [0.29, 0.717) is 11.3 Å². The molecule has 0 N–H and O–H groups in total. The van der Waals surface area contributed by atoms with E-state index in [0.717, 1.165) is 9.86 Å². The molecule has 1 heterocycles. The number of hydrogen-bond acceptors (Lipinski definition) is 3. The number of halogens is 1. The van der Waals surface area contributed by atoms with Crippen LogP contribution in [0.1, 0.15) is 0 Å². The first-order valence-corrected chi connectivity index (χ1v) is 8.42. The van der Waals surface area contributed by atoms with Gasteiger partial charge in [0.1, 0.15) is 5.75 Å². The average molecular weight is 366 g/mol. The highest BCUT2D eigenvalue weighted by Crippen LogP contribution is 2.32. The minimum atomic E-state index is -3.65. The zero-order chi connectivity index (χ0) is 15.0. The molecule has 0 fully saturated rings. The molecule has 0 bridgehead atoms. The Bertz CT molecular complexity index is 901. The fourth-order valence-electron chi connectivity index (χ4n) is 2.21. The summed E-state index contributed by atoms with van der Waals surface area (Å²) in [7, 11) is -2.12. The van der Waals surface area contributed by atoms with Gasteiger partial charge in [0, 0.05) is 9.86 Å². The van der Waals surface area contributed by atoms with E-state index in [9.17, 15) is 8.42 Å². The van der Waals surface area contributed by atoms with Crippen molar-refractivity contribution in [2.75, 3.05) is 7.11 Å².